The standard InChI is InChI=1S/C12H18N4/c1-3-5-13-7-10-8-14-12-6-11(4-2)15-16(12)9-10/h6,8-9,13H,3-5,7H2,1-2H3. The monoisotopic (exact) mass is 218 g/mol. The van der Waals surface area contributed by atoms with Gasteiger partial charge >= 0.3 is 0 Å². The van der Waals surface area contributed by atoms with Gasteiger partial charge in [0, 0.05) is 30.6 Å². The quantitative estimate of drug-likeness (QED) is 0.778. The van der Waals surface area contributed by atoms with Crippen LogP contribution in [0.15, 0.2) is 18.5 Å². The fourth-order valence-electron chi connectivity index (χ4n) is 1.64. The zero-order chi connectivity index (χ0) is 11.4. The second-order valence-electron chi connectivity index (χ2n) is 3.93. The van der Waals surface area contributed by atoms with E-state index in [2.05, 4.69) is 29.2 Å². The molecular weight excluding hydrogens is 200 g/mol. The first-order chi connectivity index (χ1) is 7.83. The van der Waals surface area contributed by atoms with Gasteiger partial charge in [0.1, 0.15) is 0 Å². The molecule has 0 fully saturated rings. The van der Waals surface area contributed by atoms with Crippen molar-refractivity contribution < 1.29 is 0 Å². The number of aryl methyl sites for hydroxylation is 1. The van der Waals surface area contributed by atoms with Crippen molar-refractivity contribution in [3.8, 4) is 0 Å². The van der Waals surface area contributed by atoms with Gasteiger partial charge in [0.15, 0.2) is 5.65 Å². The number of nitrogens with one attached hydrogen (secondary N) is 1. The Labute approximate surface area is 95.7 Å². The van der Waals surface area contributed by atoms with Crippen molar-refractivity contribution in [1.82, 2.24) is 19.9 Å². The van der Waals surface area contributed by atoms with E-state index in [9.17, 15) is 0 Å². The third kappa shape index (κ3) is 2.39. The van der Waals surface area contributed by atoms with Gasteiger partial charge in [-0.15, -0.1) is 0 Å². The first kappa shape index (κ1) is 11.1. The predicted molar refractivity (Wildman–Crippen MR) is 64.4 cm³/mol. The minimum atomic E-state index is 0.859. The van der Waals surface area contributed by atoms with Crippen molar-refractivity contribution in [1.29, 1.82) is 0 Å². The molecule has 0 bridgehead atoms. The first-order valence-electron chi connectivity index (χ1n) is 5.87. The van der Waals surface area contributed by atoms with Gasteiger partial charge in [0.2, 0.25) is 0 Å². The molecule has 0 radical (unpaired) electrons. The van der Waals surface area contributed by atoms with E-state index in [1.807, 2.05) is 23.0 Å². The number of hydrogen-bond donors (Lipinski definition) is 1. The smallest absolute Gasteiger partial charge is 0.155 e. The van der Waals surface area contributed by atoms with E-state index in [1.165, 1.54) is 5.56 Å². The maximum Gasteiger partial charge on any atom is 0.155 e. The fourth-order valence-corrected chi connectivity index (χ4v) is 1.64. The molecule has 2 heterocycles. The lowest BCUT2D eigenvalue weighted by Gasteiger charge is -2.02. The van der Waals surface area contributed by atoms with Gasteiger partial charge in [-0.05, 0) is 19.4 Å². The van der Waals surface area contributed by atoms with Gasteiger partial charge in [0.25, 0.3) is 0 Å². The SMILES string of the molecule is CCCNCc1cnc2cc(CC)nn2c1. The molecule has 16 heavy (non-hydrogen) atoms. The van der Waals surface area contributed by atoms with Crippen LogP contribution < -0.4 is 5.32 Å². The summed E-state index contributed by atoms with van der Waals surface area (Å²) in [5.74, 6) is 0. The lowest BCUT2D eigenvalue weighted by molar-refractivity contribution is 0.669. The van der Waals surface area contributed by atoms with Crippen LogP contribution in [0, 0.1) is 0 Å². The van der Waals surface area contributed by atoms with Crippen LogP contribution in [0.1, 0.15) is 31.5 Å². The molecule has 2 aromatic rings. The van der Waals surface area contributed by atoms with Gasteiger partial charge in [-0.25, -0.2) is 9.50 Å². The second-order valence-corrected chi connectivity index (χ2v) is 3.93. The summed E-state index contributed by atoms with van der Waals surface area (Å²) >= 11 is 0. The summed E-state index contributed by atoms with van der Waals surface area (Å²) in [6.45, 7) is 6.16. The van der Waals surface area contributed by atoms with Crippen molar-refractivity contribution in [3.05, 3.63) is 29.7 Å². The molecule has 0 spiro atoms. The summed E-state index contributed by atoms with van der Waals surface area (Å²) in [6.07, 6.45) is 6.06. The molecule has 4 nitrogen and oxygen atoms in total. The van der Waals surface area contributed by atoms with E-state index < -0.39 is 0 Å². The van der Waals surface area contributed by atoms with Crippen molar-refractivity contribution in [3.63, 3.8) is 0 Å². The largest absolute Gasteiger partial charge is 0.313 e. The lowest BCUT2D eigenvalue weighted by Crippen LogP contribution is -2.14. The van der Waals surface area contributed by atoms with Crippen molar-refractivity contribution in [2.45, 2.75) is 33.2 Å². The van der Waals surface area contributed by atoms with Crippen LogP contribution in [-0.2, 0) is 13.0 Å². The molecular formula is C12H18N4. The van der Waals surface area contributed by atoms with Crippen LogP contribution in [0.2, 0.25) is 0 Å². The molecule has 0 aliphatic carbocycles. The minimum Gasteiger partial charge on any atom is -0.313 e. The lowest BCUT2D eigenvalue weighted by atomic mass is 10.3. The number of rotatable bonds is 5. The molecule has 0 saturated carbocycles. The summed E-state index contributed by atoms with van der Waals surface area (Å²) in [5.41, 5.74) is 3.19. The maximum absolute atomic E-state index is 4.45. The summed E-state index contributed by atoms with van der Waals surface area (Å²) in [4.78, 5) is 4.39. The molecule has 4 heteroatoms. The van der Waals surface area contributed by atoms with Crippen LogP contribution in [0.3, 0.4) is 0 Å². The Hall–Kier alpha value is -1.42. The molecule has 86 valence electrons. The Bertz CT molecular complexity index is 461. The molecule has 0 aliphatic rings. The van der Waals surface area contributed by atoms with Crippen LogP contribution in [-0.4, -0.2) is 21.1 Å². The summed E-state index contributed by atoms with van der Waals surface area (Å²) in [7, 11) is 0. The predicted octanol–water partition coefficient (Wildman–Crippen LogP) is 1.79. The van der Waals surface area contributed by atoms with Gasteiger partial charge < -0.3 is 5.32 Å². The Balaban J connectivity index is 2.15. The first-order valence-corrected chi connectivity index (χ1v) is 5.87. The zero-order valence-electron chi connectivity index (χ0n) is 9.90. The van der Waals surface area contributed by atoms with Crippen molar-refractivity contribution >= 4 is 5.65 Å². The van der Waals surface area contributed by atoms with E-state index in [1.54, 1.807) is 0 Å². The summed E-state index contributed by atoms with van der Waals surface area (Å²) in [6, 6.07) is 2.03. The normalized spacial score (nSPS) is 11.1. The zero-order valence-corrected chi connectivity index (χ0v) is 9.90. The van der Waals surface area contributed by atoms with E-state index in [4.69, 9.17) is 0 Å². The second kappa shape index (κ2) is 5.07. The maximum atomic E-state index is 4.45. The highest BCUT2D eigenvalue weighted by Gasteiger charge is 2.01. The molecule has 2 aromatic heterocycles. The third-order valence-corrected chi connectivity index (χ3v) is 2.54. The molecule has 0 aromatic carbocycles. The van der Waals surface area contributed by atoms with Gasteiger partial charge in [-0.1, -0.05) is 13.8 Å². The Morgan fingerprint density at radius 2 is 2.25 bits per heavy atom. The average molecular weight is 218 g/mol. The molecule has 0 amide bonds. The molecule has 0 aliphatic heterocycles. The Morgan fingerprint density at radius 1 is 1.38 bits per heavy atom. The van der Waals surface area contributed by atoms with Crippen molar-refractivity contribution in [2.24, 2.45) is 0 Å². The van der Waals surface area contributed by atoms with E-state index in [0.29, 0.717) is 0 Å². The molecule has 1 N–H and O–H groups in total. The summed E-state index contributed by atoms with van der Waals surface area (Å²) < 4.78 is 1.86. The Kier molecular flexibility index (Phi) is 3.51. The minimum absolute atomic E-state index is 0.859. The number of hydrogen-bond acceptors (Lipinski definition) is 3. The number of fused-ring (bicyclic) bond motifs is 1. The van der Waals surface area contributed by atoms with Crippen molar-refractivity contribution in [2.75, 3.05) is 6.54 Å². The van der Waals surface area contributed by atoms with Crippen LogP contribution in [0.25, 0.3) is 5.65 Å². The number of aromatic nitrogens is 3. The topological polar surface area (TPSA) is 42.2 Å². The third-order valence-electron chi connectivity index (χ3n) is 2.54. The fraction of sp³-hybridized carbons (Fsp3) is 0.500. The van der Waals surface area contributed by atoms with E-state index in [-0.39, 0.29) is 0 Å². The Morgan fingerprint density at radius 3 is 3.00 bits per heavy atom. The molecule has 0 saturated heterocycles. The highest BCUT2D eigenvalue weighted by molar-refractivity contribution is 5.39. The van der Waals surface area contributed by atoms with Gasteiger partial charge in [-0.2, -0.15) is 5.10 Å². The van der Waals surface area contributed by atoms with Crippen LogP contribution in [0.4, 0.5) is 0 Å². The average Bonchev–Trinajstić information content (AvgIpc) is 2.71. The molecule has 0 atom stereocenters. The highest BCUT2D eigenvalue weighted by atomic mass is 15.2. The highest BCUT2D eigenvalue weighted by Crippen LogP contribution is 2.05. The van der Waals surface area contributed by atoms with E-state index in [0.717, 1.165) is 37.3 Å². The van der Waals surface area contributed by atoms with Crippen LogP contribution >= 0.6 is 0 Å². The van der Waals surface area contributed by atoms with Gasteiger partial charge in [0.05, 0.1) is 5.69 Å². The molecule has 0 unspecified atom stereocenters. The number of nitrogens with zero attached hydrogens (tertiary/aromatic N) is 3. The van der Waals surface area contributed by atoms with Crippen LogP contribution in [0.5, 0.6) is 0 Å². The summed E-state index contributed by atoms with van der Waals surface area (Å²) in [5, 5.41) is 7.80. The molecule has 2 rings (SSSR count). The van der Waals surface area contributed by atoms with E-state index >= 15 is 0 Å². The van der Waals surface area contributed by atoms with Gasteiger partial charge in [-0.3, -0.25) is 0 Å².